The monoisotopic (exact) mass is 775 g/mol. The van der Waals surface area contributed by atoms with Crippen molar-refractivity contribution in [1.82, 2.24) is 0 Å². The van der Waals surface area contributed by atoms with E-state index in [1.807, 2.05) is 21.1 Å². The molecule has 0 aliphatic carbocycles. The maximum atomic E-state index is 12.7. The van der Waals surface area contributed by atoms with Crippen LogP contribution in [0.3, 0.4) is 0 Å². The molecule has 2 aromatic rings. The largest absolute Gasteiger partial charge is 0.472 e. The predicted molar refractivity (Wildman–Crippen MR) is 218 cm³/mol. The van der Waals surface area contributed by atoms with Crippen molar-refractivity contribution in [3.8, 4) is 0 Å². The second kappa shape index (κ2) is 27.9. The van der Waals surface area contributed by atoms with E-state index in [0.29, 0.717) is 17.4 Å². The molecule has 0 saturated carbocycles. The van der Waals surface area contributed by atoms with Crippen LogP contribution in [-0.4, -0.2) is 74.9 Å². The van der Waals surface area contributed by atoms with E-state index in [1.54, 1.807) is 0 Å². The number of aryl methyl sites for hydroxylation is 4. The Balaban J connectivity index is 1.61. The lowest BCUT2D eigenvalue weighted by atomic mass is 10.0. The molecule has 54 heavy (non-hydrogen) atoms. The SMILES string of the molecule is Cc1ccc(CCCCCCCCCCC(=O)OC[C@H](COP(=O)(O)OCC[N+](C)(C)C)OC(=O)CCCCCCCCCCc2ccc(C)cc2)cc1. The van der Waals surface area contributed by atoms with Gasteiger partial charge in [-0.05, 0) is 63.5 Å². The second-order valence-electron chi connectivity index (χ2n) is 16.0. The maximum Gasteiger partial charge on any atom is 0.472 e. The van der Waals surface area contributed by atoms with Gasteiger partial charge in [0.15, 0.2) is 6.10 Å². The van der Waals surface area contributed by atoms with E-state index in [9.17, 15) is 19.0 Å². The Bertz CT molecular complexity index is 1330. The number of ether oxygens (including phenoxy) is 2. The van der Waals surface area contributed by atoms with Gasteiger partial charge in [-0.15, -0.1) is 0 Å². The molecule has 1 unspecified atom stereocenters. The van der Waals surface area contributed by atoms with Crippen molar-refractivity contribution in [3.05, 3.63) is 70.8 Å². The zero-order valence-electron chi connectivity index (χ0n) is 34.4. The summed E-state index contributed by atoms with van der Waals surface area (Å²) < 4.78 is 34.3. The minimum atomic E-state index is -4.38. The van der Waals surface area contributed by atoms with Gasteiger partial charge in [0.1, 0.15) is 19.8 Å². The summed E-state index contributed by atoms with van der Waals surface area (Å²) in [6, 6.07) is 17.6. The molecular formula is C44H73NO8P+. The standard InChI is InChI=1S/C44H72NO8P/c1-38-26-30-40(31-27-38)22-18-14-10-6-8-12-16-20-24-43(46)50-36-42(37-52-54(48,49)51-35-34-45(3,4)5)53-44(47)25-21-17-13-9-7-11-15-19-23-41-32-28-39(2)29-33-41/h26-33,42H,6-25,34-37H2,1-5H3/p+1/t42-/m1/s1. The molecule has 0 radical (unpaired) electrons. The number of carbonyl (C=O) groups is 2. The molecule has 0 bridgehead atoms. The quantitative estimate of drug-likeness (QED) is 0.0339. The molecule has 0 aliphatic rings. The molecule has 10 heteroatoms. The highest BCUT2D eigenvalue weighted by atomic mass is 31.2. The summed E-state index contributed by atoms with van der Waals surface area (Å²) in [5.74, 6) is -0.821. The molecule has 306 valence electrons. The van der Waals surface area contributed by atoms with Crippen LogP contribution in [0.15, 0.2) is 48.5 Å². The highest BCUT2D eigenvalue weighted by molar-refractivity contribution is 7.47. The van der Waals surface area contributed by atoms with Gasteiger partial charge in [0.25, 0.3) is 0 Å². The molecule has 0 heterocycles. The van der Waals surface area contributed by atoms with Crippen molar-refractivity contribution in [1.29, 1.82) is 0 Å². The third-order valence-corrected chi connectivity index (χ3v) is 10.6. The fourth-order valence-corrected chi connectivity index (χ4v) is 6.83. The lowest BCUT2D eigenvalue weighted by molar-refractivity contribution is -0.870. The number of carbonyl (C=O) groups excluding carboxylic acids is 2. The summed E-state index contributed by atoms with van der Waals surface area (Å²) in [6.07, 6.45) is 19.2. The Morgan fingerprint density at radius 3 is 1.44 bits per heavy atom. The Morgan fingerprint density at radius 2 is 1.00 bits per heavy atom. The zero-order chi connectivity index (χ0) is 39.5. The molecule has 0 aromatic heterocycles. The van der Waals surface area contributed by atoms with Gasteiger partial charge in [0, 0.05) is 12.8 Å². The summed E-state index contributed by atoms with van der Waals surface area (Å²) in [6.45, 7) is 4.11. The van der Waals surface area contributed by atoms with Crippen molar-refractivity contribution < 1.29 is 42.1 Å². The number of hydrogen-bond donors (Lipinski definition) is 1. The molecule has 0 spiro atoms. The number of phosphoric ester groups is 1. The molecule has 1 N–H and O–H groups in total. The topological polar surface area (TPSA) is 108 Å². The van der Waals surface area contributed by atoms with Crippen LogP contribution < -0.4 is 0 Å². The van der Waals surface area contributed by atoms with Gasteiger partial charge < -0.3 is 18.9 Å². The number of unbranched alkanes of at least 4 members (excludes halogenated alkanes) is 14. The number of hydrogen-bond acceptors (Lipinski definition) is 7. The summed E-state index contributed by atoms with van der Waals surface area (Å²) >= 11 is 0. The molecule has 0 aliphatic heterocycles. The van der Waals surface area contributed by atoms with Crippen LogP contribution in [-0.2, 0) is 45.5 Å². The highest BCUT2D eigenvalue weighted by Gasteiger charge is 2.27. The minimum Gasteiger partial charge on any atom is -0.462 e. The summed E-state index contributed by atoms with van der Waals surface area (Å²) in [5, 5.41) is 0. The normalized spacial score (nSPS) is 13.4. The van der Waals surface area contributed by atoms with Crippen LogP contribution in [0.2, 0.25) is 0 Å². The Morgan fingerprint density at radius 1 is 0.593 bits per heavy atom. The van der Waals surface area contributed by atoms with Crippen LogP contribution in [0.4, 0.5) is 0 Å². The number of phosphoric acid groups is 1. The minimum absolute atomic E-state index is 0.0260. The summed E-state index contributed by atoms with van der Waals surface area (Å²) in [4.78, 5) is 35.4. The van der Waals surface area contributed by atoms with Gasteiger partial charge in [-0.2, -0.15) is 0 Å². The fraction of sp³-hybridized carbons (Fsp3) is 0.682. The van der Waals surface area contributed by atoms with Gasteiger partial charge >= 0.3 is 19.8 Å². The van der Waals surface area contributed by atoms with Crippen LogP contribution in [0.5, 0.6) is 0 Å². The molecule has 2 aromatic carbocycles. The fourth-order valence-electron chi connectivity index (χ4n) is 6.09. The lowest BCUT2D eigenvalue weighted by Crippen LogP contribution is -2.37. The van der Waals surface area contributed by atoms with E-state index in [2.05, 4.69) is 62.4 Å². The van der Waals surface area contributed by atoms with E-state index in [-0.39, 0.29) is 32.0 Å². The van der Waals surface area contributed by atoms with Crippen molar-refractivity contribution >= 4 is 19.8 Å². The molecule has 9 nitrogen and oxygen atoms in total. The van der Waals surface area contributed by atoms with Gasteiger partial charge in [-0.25, -0.2) is 4.57 Å². The van der Waals surface area contributed by atoms with Crippen LogP contribution in [0, 0.1) is 13.8 Å². The summed E-state index contributed by atoms with van der Waals surface area (Å²) in [7, 11) is 1.46. The number of benzene rings is 2. The lowest BCUT2D eigenvalue weighted by Gasteiger charge is -2.24. The Labute approximate surface area is 327 Å². The van der Waals surface area contributed by atoms with Gasteiger partial charge in [0.05, 0.1) is 27.7 Å². The van der Waals surface area contributed by atoms with Crippen molar-refractivity contribution in [2.24, 2.45) is 0 Å². The molecular weight excluding hydrogens is 701 g/mol. The summed E-state index contributed by atoms with van der Waals surface area (Å²) in [5.41, 5.74) is 5.41. The first kappa shape index (κ1) is 47.6. The van der Waals surface area contributed by atoms with E-state index >= 15 is 0 Å². The van der Waals surface area contributed by atoms with Crippen molar-refractivity contribution in [2.75, 3.05) is 47.5 Å². The first-order valence-corrected chi connectivity index (χ1v) is 22.2. The van der Waals surface area contributed by atoms with E-state index in [4.69, 9.17) is 18.5 Å². The van der Waals surface area contributed by atoms with E-state index < -0.39 is 26.5 Å². The second-order valence-corrected chi connectivity index (χ2v) is 17.5. The number of likely N-dealkylation sites (N-methyl/N-ethyl adjacent to an activating group) is 1. The number of quaternary nitrogens is 1. The molecule has 2 rings (SSSR count). The third kappa shape index (κ3) is 26.3. The molecule has 2 atom stereocenters. The van der Waals surface area contributed by atoms with Crippen LogP contribution in [0.1, 0.15) is 138 Å². The number of nitrogens with zero attached hydrogens (tertiary/aromatic N) is 1. The molecule has 0 saturated heterocycles. The molecule has 0 fully saturated rings. The average molecular weight is 775 g/mol. The van der Waals surface area contributed by atoms with Gasteiger partial charge in [-0.1, -0.05) is 137 Å². The maximum absolute atomic E-state index is 12.7. The number of rotatable bonds is 32. The highest BCUT2D eigenvalue weighted by Crippen LogP contribution is 2.43. The molecule has 0 amide bonds. The van der Waals surface area contributed by atoms with Crippen molar-refractivity contribution in [3.63, 3.8) is 0 Å². The van der Waals surface area contributed by atoms with Gasteiger partial charge in [0.2, 0.25) is 0 Å². The van der Waals surface area contributed by atoms with Crippen LogP contribution >= 0.6 is 7.82 Å². The first-order chi connectivity index (χ1) is 25.8. The Kier molecular flexibility index (Phi) is 24.6. The predicted octanol–water partition coefficient (Wildman–Crippen LogP) is 10.4. The Hall–Kier alpha value is -2.55. The average Bonchev–Trinajstić information content (AvgIpc) is 3.12. The van der Waals surface area contributed by atoms with Gasteiger partial charge in [-0.3, -0.25) is 18.6 Å². The third-order valence-electron chi connectivity index (χ3n) is 9.60. The van der Waals surface area contributed by atoms with Crippen LogP contribution in [0.25, 0.3) is 0 Å². The first-order valence-electron chi connectivity index (χ1n) is 20.7. The van der Waals surface area contributed by atoms with E-state index in [1.165, 1.54) is 73.6 Å². The number of esters is 2. The zero-order valence-corrected chi connectivity index (χ0v) is 35.3. The van der Waals surface area contributed by atoms with Crippen molar-refractivity contribution in [2.45, 2.75) is 148 Å². The van der Waals surface area contributed by atoms with E-state index in [0.717, 1.165) is 57.8 Å². The smallest absolute Gasteiger partial charge is 0.462 e.